The molecule has 0 radical (unpaired) electrons. The lowest BCUT2D eigenvalue weighted by atomic mass is 10.2. The number of amides is 1. The molecular weight excluding hydrogens is 384 g/mol. The monoisotopic (exact) mass is 404 g/mol. The van der Waals surface area contributed by atoms with Crippen LogP contribution in [0.15, 0.2) is 52.0 Å². The highest BCUT2D eigenvalue weighted by atomic mass is 79.9. The second-order valence-electron chi connectivity index (χ2n) is 5.20. The van der Waals surface area contributed by atoms with Crippen molar-refractivity contribution in [3.63, 3.8) is 0 Å². The van der Waals surface area contributed by atoms with E-state index in [9.17, 15) is 4.79 Å². The van der Waals surface area contributed by atoms with E-state index in [0.717, 1.165) is 22.0 Å². The van der Waals surface area contributed by atoms with Gasteiger partial charge in [0.1, 0.15) is 11.5 Å². The smallest absolute Gasteiger partial charge is 0.277 e. The third-order valence-corrected chi connectivity index (χ3v) is 3.83. The van der Waals surface area contributed by atoms with E-state index in [1.807, 2.05) is 49.4 Å². The standard InChI is InChI=1S/C19H21BrN2O3/c1-3-14-6-5-7-17(10-14)25-13-19(23)22-21-12-15-11-16(20)8-9-18(15)24-4-2/h5-12H,3-4,13H2,1-2H3,(H,22,23). The highest BCUT2D eigenvalue weighted by Gasteiger charge is 2.04. The van der Waals surface area contributed by atoms with Crippen molar-refractivity contribution >= 4 is 28.1 Å². The molecule has 0 fully saturated rings. The Hall–Kier alpha value is -2.34. The van der Waals surface area contributed by atoms with E-state index in [1.165, 1.54) is 0 Å². The van der Waals surface area contributed by atoms with Crippen molar-refractivity contribution in [2.24, 2.45) is 5.10 Å². The number of carbonyl (C=O) groups excluding carboxylic acids is 1. The fourth-order valence-electron chi connectivity index (χ4n) is 2.12. The third kappa shape index (κ3) is 6.23. The first-order valence-electron chi connectivity index (χ1n) is 8.08. The molecule has 0 aliphatic heterocycles. The van der Waals surface area contributed by atoms with Gasteiger partial charge in [0.05, 0.1) is 12.8 Å². The number of nitrogens with zero attached hydrogens (tertiary/aromatic N) is 1. The first-order valence-corrected chi connectivity index (χ1v) is 8.87. The minimum Gasteiger partial charge on any atom is -0.493 e. The van der Waals surface area contributed by atoms with Crippen LogP contribution in [0.3, 0.4) is 0 Å². The van der Waals surface area contributed by atoms with Crippen LogP contribution in [0, 0.1) is 0 Å². The van der Waals surface area contributed by atoms with Crippen LogP contribution in [-0.2, 0) is 11.2 Å². The molecule has 2 rings (SSSR count). The number of hydrogen-bond acceptors (Lipinski definition) is 4. The highest BCUT2D eigenvalue weighted by Crippen LogP contribution is 2.21. The summed E-state index contributed by atoms with van der Waals surface area (Å²) in [4.78, 5) is 11.8. The van der Waals surface area contributed by atoms with Crippen molar-refractivity contribution < 1.29 is 14.3 Å². The van der Waals surface area contributed by atoms with Gasteiger partial charge in [0, 0.05) is 10.0 Å². The molecule has 0 bridgehead atoms. The van der Waals surface area contributed by atoms with Gasteiger partial charge in [-0.15, -0.1) is 0 Å². The predicted molar refractivity (Wildman–Crippen MR) is 102 cm³/mol. The van der Waals surface area contributed by atoms with Crippen LogP contribution < -0.4 is 14.9 Å². The summed E-state index contributed by atoms with van der Waals surface area (Å²) >= 11 is 3.41. The zero-order valence-corrected chi connectivity index (χ0v) is 15.9. The second kappa shape index (κ2) is 9.84. The van der Waals surface area contributed by atoms with E-state index in [4.69, 9.17) is 9.47 Å². The number of halogens is 1. The molecule has 0 aromatic heterocycles. The zero-order chi connectivity index (χ0) is 18.1. The second-order valence-corrected chi connectivity index (χ2v) is 6.11. The molecule has 2 aromatic carbocycles. The summed E-state index contributed by atoms with van der Waals surface area (Å²) < 4.78 is 11.9. The van der Waals surface area contributed by atoms with Crippen molar-refractivity contribution in [3.05, 3.63) is 58.1 Å². The Kier molecular flexibility index (Phi) is 7.47. The molecule has 2 aromatic rings. The summed E-state index contributed by atoms with van der Waals surface area (Å²) in [6, 6.07) is 13.3. The van der Waals surface area contributed by atoms with E-state index in [0.29, 0.717) is 18.1 Å². The maximum absolute atomic E-state index is 11.8. The Balaban J connectivity index is 1.89. The first kappa shape index (κ1) is 19.0. The summed E-state index contributed by atoms with van der Waals surface area (Å²) in [5, 5.41) is 3.97. The molecule has 132 valence electrons. The first-order chi connectivity index (χ1) is 12.1. The minimum atomic E-state index is -0.328. The zero-order valence-electron chi connectivity index (χ0n) is 14.3. The van der Waals surface area contributed by atoms with Crippen LogP contribution in [0.5, 0.6) is 11.5 Å². The molecule has 1 N–H and O–H groups in total. The van der Waals surface area contributed by atoms with Crippen LogP contribution in [0.1, 0.15) is 25.0 Å². The lowest BCUT2D eigenvalue weighted by molar-refractivity contribution is -0.123. The number of aryl methyl sites for hydroxylation is 1. The van der Waals surface area contributed by atoms with Gasteiger partial charge in [0.25, 0.3) is 5.91 Å². The number of carbonyl (C=O) groups is 1. The van der Waals surface area contributed by atoms with E-state index in [-0.39, 0.29) is 12.5 Å². The van der Waals surface area contributed by atoms with Crippen molar-refractivity contribution in [3.8, 4) is 11.5 Å². The minimum absolute atomic E-state index is 0.0959. The van der Waals surface area contributed by atoms with Crippen molar-refractivity contribution in [2.45, 2.75) is 20.3 Å². The molecule has 0 unspecified atom stereocenters. The number of rotatable bonds is 8. The van der Waals surface area contributed by atoms with Crippen LogP contribution in [0.2, 0.25) is 0 Å². The summed E-state index contributed by atoms with van der Waals surface area (Å²) in [6.45, 7) is 4.44. The van der Waals surface area contributed by atoms with Crippen molar-refractivity contribution in [2.75, 3.05) is 13.2 Å². The largest absolute Gasteiger partial charge is 0.493 e. The molecule has 1 amide bonds. The molecule has 5 nitrogen and oxygen atoms in total. The fourth-order valence-corrected chi connectivity index (χ4v) is 2.50. The topological polar surface area (TPSA) is 59.9 Å². The van der Waals surface area contributed by atoms with Crippen molar-refractivity contribution in [1.82, 2.24) is 5.43 Å². The van der Waals surface area contributed by atoms with Gasteiger partial charge in [0.15, 0.2) is 6.61 Å². The molecule has 0 atom stereocenters. The lowest BCUT2D eigenvalue weighted by Gasteiger charge is -2.08. The average molecular weight is 405 g/mol. The Morgan fingerprint density at radius 2 is 2.04 bits per heavy atom. The summed E-state index contributed by atoms with van der Waals surface area (Å²) in [5.74, 6) is 1.05. The van der Waals surface area contributed by atoms with E-state index in [2.05, 4.69) is 33.4 Å². The maximum Gasteiger partial charge on any atom is 0.277 e. The number of ether oxygens (including phenoxy) is 2. The van der Waals surface area contributed by atoms with Crippen LogP contribution in [0.25, 0.3) is 0 Å². The molecule has 0 spiro atoms. The molecule has 0 saturated carbocycles. The quantitative estimate of drug-likeness (QED) is 0.535. The van der Waals surface area contributed by atoms with E-state index in [1.54, 1.807) is 6.21 Å². The van der Waals surface area contributed by atoms with Gasteiger partial charge in [-0.2, -0.15) is 5.10 Å². The Morgan fingerprint density at radius 3 is 2.80 bits per heavy atom. The molecule has 0 saturated heterocycles. The molecule has 6 heteroatoms. The van der Waals surface area contributed by atoms with Crippen LogP contribution in [0.4, 0.5) is 0 Å². The predicted octanol–water partition coefficient (Wildman–Crippen LogP) is 3.94. The number of benzene rings is 2. The summed E-state index contributed by atoms with van der Waals surface area (Å²) in [7, 11) is 0. The van der Waals surface area contributed by atoms with Gasteiger partial charge in [-0.1, -0.05) is 35.0 Å². The van der Waals surface area contributed by atoms with Gasteiger partial charge >= 0.3 is 0 Å². The third-order valence-electron chi connectivity index (χ3n) is 3.34. The molecular formula is C19H21BrN2O3. The van der Waals surface area contributed by atoms with Gasteiger partial charge in [-0.05, 0) is 49.2 Å². The van der Waals surface area contributed by atoms with Gasteiger partial charge in [-0.3, -0.25) is 4.79 Å². The maximum atomic E-state index is 11.8. The van der Waals surface area contributed by atoms with Gasteiger partial charge in [-0.25, -0.2) is 5.43 Å². The lowest BCUT2D eigenvalue weighted by Crippen LogP contribution is -2.24. The number of nitrogens with one attached hydrogen (secondary N) is 1. The van der Waals surface area contributed by atoms with E-state index >= 15 is 0 Å². The average Bonchev–Trinajstić information content (AvgIpc) is 2.62. The Morgan fingerprint density at radius 1 is 1.20 bits per heavy atom. The highest BCUT2D eigenvalue weighted by molar-refractivity contribution is 9.10. The van der Waals surface area contributed by atoms with Crippen LogP contribution >= 0.6 is 15.9 Å². The summed E-state index contributed by atoms with van der Waals surface area (Å²) in [6.07, 6.45) is 2.47. The number of hydrazone groups is 1. The number of hydrogen-bond donors (Lipinski definition) is 1. The Bertz CT molecular complexity index is 747. The fraction of sp³-hybridized carbons (Fsp3) is 0.263. The van der Waals surface area contributed by atoms with Crippen LogP contribution in [-0.4, -0.2) is 25.3 Å². The van der Waals surface area contributed by atoms with E-state index < -0.39 is 0 Å². The van der Waals surface area contributed by atoms with Gasteiger partial charge in [0.2, 0.25) is 0 Å². The molecule has 0 aliphatic carbocycles. The Labute approximate surface area is 156 Å². The molecule has 0 aliphatic rings. The SMILES string of the molecule is CCOc1ccc(Br)cc1C=NNC(=O)COc1cccc(CC)c1. The molecule has 25 heavy (non-hydrogen) atoms. The van der Waals surface area contributed by atoms with Gasteiger partial charge < -0.3 is 9.47 Å². The van der Waals surface area contributed by atoms with Crippen molar-refractivity contribution in [1.29, 1.82) is 0 Å². The normalized spacial score (nSPS) is 10.7. The summed E-state index contributed by atoms with van der Waals surface area (Å²) in [5.41, 5.74) is 4.39. The molecule has 0 heterocycles.